The number of likely N-dealkylation sites (N-methyl/N-ethyl adjacent to an activating group) is 2. The molecule has 108 valence electrons. The highest BCUT2D eigenvalue weighted by Gasteiger charge is 2.14. The van der Waals surface area contributed by atoms with E-state index in [1.54, 1.807) is 0 Å². The molecule has 0 saturated carbocycles. The molecule has 0 aliphatic rings. The van der Waals surface area contributed by atoms with Crippen molar-refractivity contribution in [1.29, 1.82) is 0 Å². The minimum absolute atomic E-state index is 0.561. The van der Waals surface area contributed by atoms with Crippen molar-refractivity contribution in [2.75, 3.05) is 33.7 Å². The van der Waals surface area contributed by atoms with Gasteiger partial charge in [-0.15, -0.1) is 0 Å². The molecule has 0 aliphatic carbocycles. The lowest BCUT2D eigenvalue weighted by atomic mass is 10.0. The Morgan fingerprint density at radius 3 is 2.32 bits per heavy atom. The second-order valence-corrected chi connectivity index (χ2v) is 5.48. The maximum Gasteiger partial charge on any atom is 0.0239 e. The van der Waals surface area contributed by atoms with E-state index in [4.69, 9.17) is 5.73 Å². The number of hydrogen-bond donors (Lipinski definition) is 1. The van der Waals surface area contributed by atoms with Crippen LogP contribution in [0.25, 0.3) is 0 Å². The monoisotopic (exact) mass is 263 g/mol. The quantitative estimate of drug-likeness (QED) is 0.778. The lowest BCUT2D eigenvalue weighted by Gasteiger charge is -2.30. The van der Waals surface area contributed by atoms with E-state index in [1.165, 1.54) is 11.1 Å². The van der Waals surface area contributed by atoms with Gasteiger partial charge in [0.05, 0.1) is 0 Å². The highest BCUT2D eigenvalue weighted by atomic mass is 15.2. The molecule has 0 spiro atoms. The summed E-state index contributed by atoms with van der Waals surface area (Å²) in [7, 11) is 4.26. The topological polar surface area (TPSA) is 32.5 Å². The summed E-state index contributed by atoms with van der Waals surface area (Å²) < 4.78 is 0. The molecule has 1 atom stereocenters. The Morgan fingerprint density at radius 1 is 1.16 bits per heavy atom. The average Bonchev–Trinajstić information content (AvgIpc) is 2.37. The SMILES string of the molecule is CCN(Cc1ccccc1CCN)C(C)CN(C)C. The molecule has 1 aromatic rings. The summed E-state index contributed by atoms with van der Waals surface area (Å²) in [5.74, 6) is 0. The van der Waals surface area contributed by atoms with Crippen LogP contribution in [-0.4, -0.2) is 49.6 Å². The number of nitrogens with zero attached hydrogens (tertiary/aromatic N) is 2. The molecule has 0 aliphatic heterocycles. The Labute approximate surface area is 118 Å². The molecule has 0 bridgehead atoms. The van der Waals surface area contributed by atoms with Crippen molar-refractivity contribution in [3.8, 4) is 0 Å². The number of benzene rings is 1. The van der Waals surface area contributed by atoms with Crippen LogP contribution < -0.4 is 5.73 Å². The molecule has 0 heterocycles. The van der Waals surface area contributed by atoms with Gasteiger partial charge in [-0.3, -0.25) is 4.90 Å². The summed E-state index contributed by atoms with van der Waals surface area (Å²) in [4.78, 5) is 4.77. The predicted molar refractivity (Wildman–Crippen MR) is 83.3 cm³/mol. The second-order valence-electron chi connectivity index (χ2n) is 5.48. The van der Waals surface area contributed by atoms with E-state index in [-0.39, 0.29) is 0 Å². The average molecular weight is 263 g/mol. The van der Waals surface area contributed by atoms with Gasteiger partial charge in [0, 0.05) is 19.1 Å². The van der Waals surface area contributed by atoms with E-state index in [0.717, 1.165) is 32.6 Å². The normalized spacial score (nSPS) is 13.2. The third kappa shape index (κ3) is 5.31. The van der Waals surface area contributed by atoms with Crippen LogP contribution in [0.1, 0.15) is 25.0 Å². The lowest BCUT2D eigenvalue weighted by Crippen LogP contribution is -2.39. The lowest BCUT2D eigenvalue weighted by molar-refractivity contribution is 0.174. The van der Waals surface area contributed by atoms with Crippen molar-refractivity contribution in [1.82, 2.24) is 9.80 Å². The molecule has 0 amide bonds. The standard InChI is InChI=1S/C16H29N3/c1-5-19(14(2)12-18(3)4)13-16-9-7-6-8-15(16)10-11-17/h6-9,14H,5,10-13,17H2,1-4H3. The van der Waals surface area contributed by atoms with Crippen LogP contribution in [0, 0.1) is 0 Å². The first-order valence-corrected chi connectivity index (χ1v) is 7.24. The molecule has 1 rings (SSSR count). The molecular weight excluding hydrogens is 234 g/mol. The molecule has 3 nitrogen and oxygen atoms in total. The van der Waals surface area contributed by atoms with Gasteiger partial charge in [0.2, 0.25) is 0 Å². The fraction of sp³-hybridized carbons (Fsp3) is 0.625. The Hall–Kier alpha value is -0.900. The van der Waals surface area contributed by atoms with E-state index in [1.807, 2.05) is 0 Å². The fourth-order valence-electron chi connectivity index (χ4n) is 2.55. The highest BCUT2D eigenvalue weighted by molar-refractivity contribution is 5.27. The molecule has 1 aromatic carbocycles. The van der Waals surface area contributed by atoms with Crippen molar-refractivity contribution in [2.24, 2.45) is 5.73 Å². The molecule has 0 radical (unpaired) electrons. The zero-order valence-electron chi connectivity index (χ0n) is 12.9. The second kappa shape index (κ2) is 8.31. The maximum absolute atomic E-state index is 5.70. The van der Waals surface area contributed by atoms with Crippen molar-refractivity contribution in [3.05, 3.63) is 35.4 Å². The molecule has 1 unspecified atom stereocenters. The van der Waals surface area contributed by atoms with Crippen LogP contribution in [0.3, 0.4) is 0 Å². The zero-order chi connectivity index (χ0) is 14.3. The maximum atomic E-state index is 5.70. The van der Waals surface area contributed by atoms with Gasteiger partial charge in [-0.25, -0.2) is 0 Å². The summed E-state index contributed by atoms with van der Waals surface area (Å²) >= 11 is 0. The predicted octanol–water partition coefficient (Wildman–Crippen LogP) is 1.96. The van der Waals surface area contributed by atoms with Crippen LogP contribution in [0.2, 0.25) is 0 Å². The van der Waals surface area contributed by atoms with Gasteiger partial charge in [-0.2, -0.15) is 0 Å². The van der Waals surface area contributed by atoms with E-state index in [9.17, 15) is 0 Å². The Bertz CT molecular complexity index is 363. The third-order valence-corrected chi connectivity index (χ3v) is 3.56. The minimum Gasteiger partial charge on any atom is -0.330 e. The number of rotatable bonds is 8. The van der Waals surface area contributed by atoms with Crippen LogP contribution >= 0.6 is 0 Å². The van der Waals surface area contributed by atoms with Crippen molar-refractivity contribution in [2.45, 2.75) is 32.9 Å². The molecular formula is C16H29N3. The van der Waals surface area contributed by atoms with Gasteiger partial charge in [-0.1, -0.05) is 31.2 Å². The molecule has 3 heteroatoms. The first kappa shape index (κ1) is 16.2. The Kier molecular flexibility index (Phi) is 7.06. The molecule has 19 heavy (non-hydrogen) atoms. The van der Waals surface area contributed by atoms with Gasteiger partial charge in [0.15, 0.2) is 0 Å². The first-order chi connectivity index (χ1) is 9.08. The number of hydrogen-bond acceptors (Lipinski definition) is 3. The van der Waals surface area contributed by atoms with Crippen LogP contribution in [0.5, 0.6) is 0 Å². The van der Waals surface area contributed by atoms with Crippen LogP contribution in [0.15, 0.2) is 24.3 Å². The van der Waals surface area contributed by atoms with Crippen molar-refractivity contribution >= 4 is 0 Å². The molecule has 0 fully saturated rings. The van der Waals surface area contributed by atoms with E-state index >= 15 is 0 Å². The van der Waals surface area contributed by atoms with E-state index < -0.39 is 0 Å². The first-order valence-electron chi connectivity index (χ1n) is 7.24. The summed E-state index contributed by atoms with van der Waals surface area (Å²) in [6, 6.07) is 9.22. The minimum atomic E-state index is 0.561. The van der Waals surface area contributed by atoms with Crippen LogP contribution in [-0.2, 0) is 13.0 Å². The third-order valence-electron chi connectivity index (χ3n) is 3.56. The Morgan fingerprint density at radius 2 is 1.79 bits per heavy atom. The summed E-state index contributed by atoms with van der Waals surface area (Å²) in [6.45, 7) is 8.43. The summed E-state index contributed by atoms with van der Waals surface area (Å²) in [6.07, 6.45) is 0.968. The zero-order valence-corrected chi connectivity index (χ0v) is 12.9. The van der Waals surface area contributed by atoms with Crippen LogP contribution in [0.4, 0.5) is 0 Å². The summed E-state index contributed by atoms with van der Waals surface area (Å²) in [5.41, 5.74) is 8.50. The van der Waals surface area contributed by atoms with Gasteiger partial charge >= 0.3 is 0 Å². The smallest absolute Gasteiger partial charge is 0.0239 e. The van der Waals surface area contributed by atoms with E-state index in [2.05, 4.69) is 62.0 Å². The van der Waals surface area contributed by atoms with Gasteiger partial charge in [0.25, 0.3) is 0 Å². The molecule has 2 N–H and O–H groups in total. The largest absolute Gasteiger partial charge is 0.330 e. The Balaban J connectivity index is 2.74. The summed E-state index contributed by atoms with van der Waals surface area (Å²) in [5, 5.41) is 0. The van der Waals surface area contributed by atoms with Crippen molar-refractivity contribution < 1.29 is 0 Å². The molecule has 0 aromatic heterocycles. The van der Waals surface area contributed by atoms with Gasteiger partial charge in [0.1, 0.15) is 0 Å². The van der Waals surface area contributed by atoms with Crippen molar-refractivity contribution in [3.63, 3.8) is 0 Å². The number of nitrogens with two attached hydrogens (primary N) is 1. The van der Waals surface area contributed by atoms with Gasteiger partial charge < -0.3 is 10.6 Å². The van der Waals surface area contributed by atoms with E-state index in [0.29, 0.717) is 6.04 Å². The van der Waals surface area contributed by atoms with Gasteiger partial charge in [-0.05, 0) is 51.7 Å². The molecule has 0 saturated heterocycles. The fourth-order valence-corrected chi connectivity index (χ4v) is 2.55. The highest BCUT2D eigenvalue weighted by Crippen LogP contribution is 2.14.